The van der Waals surface area contributed by atoms with Gasteiger partial charge in [0.1, 0.15) is 11.0 Å². The molecule has 1 aliphatic rings. The van der Waals surface area contributed by atoms with Gasteiger partial charge in [-0.05, 0) is 30.5 Å². The Morgan fingerprint density at radius 2 is 1.82 bits per heavy atom. The Morgan fingerprint density at radius 3 is 2.61 bits per heavy atom. The minimum Gasteiger partial charge on any atom is -0.454 e. The summed E-state index contributed by atoms with van der Waals surface area (Å²) in [6.07, 6.45) is 7.92. The van der Waals surface area contributed by atoms with Crippen molar-refractivity contribution in [3.63, 3.8) is 0 Å². The number of aromatic nitrogens is 2. The van der Waals surface area contributed by atoms with Crippen LogP contribution in [0.25, 0.3) is 10.6 Å². The zero-order valence-corrected chi connectivity index (χ0v) is 20.5. The summed E-state index contributed by atoms with van der Waals surface area (Å²) in [5, 5.41) is 15.1. The van der Waals surface area contributed by atoms with E-state index in [2.05, 4.69) is 27.8 Å². The van der Waals surface area contributed by atoms with Crippen LogP contribution >= 0.6 is 11.3 Å². The maximum Gasteiger partial charge on any atom is 0.249 e. The number of anilines is 1. The second kappa shape index (κ2) is 12.5. The third-order valence-corrected chi connectivity index (χ3v) is 6.73. The molecule has 2 amide bonds. The highest BCUT2D eigenvalue weighted by Crippen LogP contribution is 2.37. The van der Waals surface area contributed by atoms with E-state index < -0.39 is 6.04 Å². The lowest BCUT2D eigenvalue weighted by Gasteiger charge is -2.23. The Balaban J connectivity index is 1.55. The number of carbonyl (C=O) groups is 2. The van der Waals surface area contributed by atoms with Crippen molar-refractivity contribution in [1.29, 1.82) is 0 Å². The van der Waals surface area contributed by atoms with Crippen LogP contribution in [0.5, 0.6) is 11.5 Å². The quantitative estimate of drug-likeness (QED) is 0.389. The van der Waals surface area contributed by atoms with E-state index in [0.717, 1.165) is 31.2 Å². The molecular formula is C24H34N4O4S. The topological polar surface area (TPSA) is 102 Å². The fourth-order valence-electron chi connectivity index (χ4n) is 3.62. The Hall–Kier alpha value is -2.68. The van der Waals surface area contributed by atoms with E-state index in [1.54, 1.807) is 0 Å². The molecule has 3 rings (SSSR count). The van der Waals surface area contributed by atoms with Crippen molar-refractivity contribution in [2.75, 3.05) is 12.1 Å². The molecule has 33 heavy (non-hydrogen) atoms. The molecule has 8 nitrogen and oxygen atoms in total. The molecule has 180 valence electrons. The predicted molar refractivity (Wildman–Crippen MR) is 129 cm³/mol. The number of nitrogens with zero attached hydrogens (tertiary/aromatic N) is 2. The number of amides is 2. The highest BCUT2D eigenvalue weighted by molar-refractivity contribution is 7.18. The van der Waals surface area contributed by atoms with Crippen molar-refractivity contribution >= 4 is 28.3 Å². The van der Waals surface area contributed by atoms with E-state index in [0.29, 0.717) is 28.1 Å². The molecule has 2 atom stereocenters. The maximum absolute atomic E-state index is 13.0. The molecule has 1 aromatic carbocycles. The van der Waals surface area contributed by atoms with E-state index in [1.165, 1.54) is 30.6 Å². The third-order valence-electron chi connectivity index (χ3n) is 5.84. The van der Waals surface area contributed by atoms with Crippen LogP contribution in [0.4, 0.5) is 5.13 Å². The first-order valence-corrected chi connectivity index (χ1v) is 12.7. The average Bonchev–Trinajstić information content (AvgIpc) is 3.48. The molecule has 0 fully saturated rings. The first-order chi connectivity index (χ1) is 16.0. The molecule has 0 saturated heterocycles. The van der Waals surface area contributed by atoms with Gasteiger partial charge in [0.05, 0.1) is 0 Å². The Kier molecular flexibility index (Phi) is 9.47. The van der Waals surface area contributed by atoms with Crippen molar-refractivity contribution in [2.45, 2.75) is 78.2 Å². The summed E-state index contributed by atoms with van der Waals surface area (Å²) in [7, 11) is 0. The second-order valence-corrected chi connectivity index (χ2v) is 9.40. The number of benzene rings is 1. The van der Waals surface area contributed by atoms with Crippen molar-refractivity contribution in [2.24, 2.45) is 5.92 Å². The first-order valence-electron chi connectivity index (χ1n) is 11.9. The monoisotopic (exact) mass is 474 g/mol. The number of hydrogen-bond acceptors (Lipinski definition) is 7. The average molecular weight is 475 g/mol. The standard InChI is InChI=1S/C24H34N4O4S/c1-4-6-7-8-9-10-11-20(29)25-21(16(3)5-2)22(30)26-24-28-27-23(33-24)17-12-13-18-19(14-17)32-15-31-18/h12-14,16,21H,4-11,15H2,1-3H3,(H,25,29)(H,26,28,30). The normalized spacial score (nSPS) is 14.0. The van der Waals surface area contributed by atoms with Gasteiger partial charge >= 0.3 is 0 Å². The summed E-state index contributed by atoms with van der Waals surface area (Å²) >= 11 is 1.28. The Bertz CT molecular complexity index is 933. The SMILES string of the molecule is CCCCCCCCC(=O)NC(C(=O)Nc1nnc(-c2ccc3c(c2)OCO3)s1)C(C)CC. The molecule has 2 heterocycles. The summed E-state index contributed by atoms with van der Waals surface area (Å²) in [5.74, 6) is 1.01. The molecule has 0 aliphatic carbocycles. The molecule has 1 aromatic heterocycles. The van der Waals surface area contributed by atoms with E-state index in [-0.39, 0.29) is 24.5 Å². The molecule has 0 bridgehead atoms. The number of fused-ring (bicyclic) bond motifs is 1. The smallest absolute Gasteiger partial charge is 0.249 e. The lowest BCUT2D eigenvalue weighted by Crippen LogP contribution is -2.47. The van der Waals surface area contributed by atoms with Gasteiger partial charge < -0.3 is 14.8 Å². The minimum atomic E-state index is -0.611. The summed E-state index contributed by atoms with van der Waals surface area (Å²) in [6, 6.07) is 4.94. The van der Waals surface area contributed by atoms with Gasteiger partial charge in [0.25, 0.3) is 0 Å². The summed E-state index contributed by atoms with van der Waals surface area (Å²) in [4.78, 5) is 25.4. The van der Waals surface area contributed by atoms with Gasteiger partial charge in [0, 0.05) is 12.0 Å². The highest BCUT2D eigenvalue weighted by Gasteiger charge is 2.27. The van der Waals surface area contributed by atoms with Crippen LogP contribution in [0.3, 0.4) is 0 Å². The van der Waals surface area contributed by atoms with Crippen LogP contribution in [-0.2, 0) is 9.59 Å². The van der Waals surface area contributed by atoms with Crippen molar-refractivity contribution in [3.8, 4) is 22.1 Å². The number of ether oxygens (including phenoxy) is 2. The van der Waals surface area contributed by atoms with Gasteiger partial charge in [-0.25, -0.2) is 0 Å². The molecule has 9 heteroatoms. The van der Waals surface area contributed by atoms with Crippen molar-refractivity contribution in [1.82, 2.24) is 15.5 Å². The number of carbonyl (C=O) groups excluding carboxylic acids is 2. The van der Waals surface area contributed by atoms with Crippen LogP contribution in [0, 0.1) is 5.92 Å². The second-order valence-electron chi connectivity index (χ2n) is 8.42. The van der Waals surface area contributed by atoms with E-state index in [4.69, 9.17) is 9.47 Å². The van der Waals surface area contributed by atoms with Gasteiger partial charge in [-0.15, -0.1) is 10.2 Å². The number of hydrogen-bond donors (Lipinski definition) is 2. The Morgan fingerprint density at radius 1 is 1.06 bits per heavy atom. The van der Waals surface area contributed by atoms with Crippen molar-refractivity contribution < 1.29 is 19.1 Å². The molecule has 2 aromatic rings. The fraction of sp³-hybridized carbons (Fsp3) is 0.583. The molecule has 1 aliphatic heterocycles. The molecule has 0 saturated carbocycles. The van der Waals surface area contributed by atoms with Gasteiger partial charge in [0.15, 0.2) is 11.5 Å². The molecule has 0 spiro atoms. The van der Waals surface area contributed by atoms with Crippen LogP contribution in [0.15, 0.2) is 18.2 Å². The predicted octanol–water partition coefficient (Wildman–Crippen LogP) is 5.15. The number of nitrogens with one attached hydrogen (secondary N) is 2. The maximum atomic E-state index is 13.0. The number of rotatable bonds is 13. The van der Waals surface area contributed by atoms with E-state index in [9.17, 15) is 9.59 Å². The molecule has 0 radical (unpaired) electrons. The zero-order valence-electron chi connectivity index (χ0n) is 19.7. The van der Waals surface area contributed by atoms with Gasteiger partial charge in [-0.2, -0.15) is 0 Å². The summed E-state index contributed by atoms with van der Waals surface area (Å²) < 4.78 is 10.8. The summed E-state index contributed by atoms with van der Waals surface area (Å²) in [6.45, 7) is 6.37. The van der Waals surface area contributed by atoms with Crippen LogP contribution < -0.4 is 20.1 Å². The largest absolute Gasteiger partial charge is 0.454 e. The van der Waals surface area contributed by atoms with E-state index in [1.807, 2.05) is 32.0 Å². The molecule has 2 unspecified atom stereocenters. The molecular weight excluding hydrogens is 440 g/mol. The lowest BCUT2D eigenvalue weighted by molar-refractivity contribution is -0.127. The van der Waals surface area contributed by atoms with Crippen LogP contribution in [0.1, 0.15) is 72.1 Å². The van der Waals surface area contributed by atoms with Gasteiger partial charge in [-0.3, -0.25) is 14.9 Å². The van der Waals surface area contributed by atoms with Crippen LogP contribution in [0.2, 0.25) is 0 Å². The number of unbranched alkanes of at least 4 members (excludes halogenated alkanes) is 5. The Labute approximate surface area is 199 Å². The summed E-state index contributed by atoms with van der Waals surface area (Å²) in [5.41, 5.74) is 0.836. The van der Waals surface area contributed by atoms with Crippen molar-refractivity contribution in [3.05, 3.63) is 18.2 Å². The first kappa shape index (κ1) is 25.0. The fourth-order valence-corrected chi connectivity index (χ4v) is 4.36. The molecule has 2 N–H and O–H groups in total. The minimum absolute atomic E-state index is 0.000226. The zero-order chi connectivity index (χ0) is 23.6. The lowest BCUT2D eigenvalue weighted by atomic mass is 9.98. The van der Waals surface area contributed by atoms with Crippen LogP contribution in [-0.4, -0.2) is 34.8 Å². The van der Waals surface area contributed by atoms with Gasteiger partial charge in [0.2, 0.25) is 23.7 Å². The van der Waals surface area contributed by atoms with Gasteiger partial charge in [-0.1, -0.05) is 70.6 Å². The third kappa shape index (κ3) is 7.15. The van der Waals surface area contributed by atoms with E-state index >= 15 is 0 Å². The highest BCUT2D eigenvalue weighted by atomic mass is 32.1.